The molecule has 156 valence electrons. The highest BCUT2D eigenvalue weighted by Gasteiger charge is 2.21. The summed E-state index contributed by atoms with van der Waals surface area (Å²) in [6, 6.07) is 12.2. The molecule has 9 nitrogen and oxygen atoms in total. The number of anilines is 2. The van der Waals surface area contributed by atoms with Crippen LogP contribution in [0.3, 0.4) is 0 Å². The van der Waals surface area contributed by atoms with Gasteiger partial charge < -0.3 is 10.6 Å². The molecule has 0 aliphatic heterocycles. The lowest BCUT2D eigenvalue weighted by Crippen LogP contribution is -2.34. The van der Waals surface area contributed by atoms with Gasteiger partial charge in [-0.2, -0.15) is 0 Å². The zero-order chi connectivity index (χ0) is 22.0. The second kappa shape index (κ2) is 8.42. The number of rotatable bonds is 6. The summed E-state index contributed by atoms with van der Waals surface area (Å²) in [6.45, 7) is 3.38. The number of carbonyl (C=O) groups excluding carboxylic acids is 1. The van der Waals surface area contributed by atoms with Crippen molar-refractivity contribution < 1.29 is 9.72 Å². The van der Waals surface area contributed by atoms with E-state index in [0.717, 1.165) is 6.07 Å². The van der Waals surface area contributed by atoms with E-state index in [4.69, 9.17) is 11.6 Å². The molecule has 0 saturated carbocycles. The molecule has 0 saturated heterocycles. The first-order chi connectivity index (χ1) is 14.2. The molecule has 0 aliphatic rings. The Morgan fingerprint density at radius 1 is 1.20 bits per heavy atom. The molecule has 30 heavy (non-hydrogen) atoms. The number of nitrogens with zero attached hydrogens (tertiary/aromatic N) is 3. The number of hydrogen-bond acceptors (Lipinski definition) is 5. The van der Waals surface area contributed by atoms with Crippen LogP contribution in [0.2, 0.25) is 5.02 Å². The number of hydrogen-bond donors (Lipinski definition) is 2. The van der Waals surface area contributed by atoms with Crippen LogP contribution >= 0.6 is 11.6 Å². The molecular formula is C20H20ClN5O4. The van der Waals surface area contributed by atoms with Crippen LogP contribution in [0.1, 0.15) is 12.6 Å². The van der Waals surface area contributed by atoms with Crippen LogP contribution in [-0.2, 0) is 11.8 Å². The van der Waals surface area contributed by atoms with E-state index in [1.807, 2.05) is 30.3 Å². The largest absolute Gasteiger partial charge is 0.368 e. The van der Waals surface area contributed by atoms with Gasteiger partial charge in [-0.05, 0) is 32.0 Å². The van der Waals surface area contributed by atoms with Crippen LogP contribution in [0.25, 0.3) is 5.69 Å². The van der Waals surface area contributed by atoms with Crippen LogP contribution in [0.15, 0.2) is 53.3 Å². The summed E-state index contributed by atoms with van der Waals surface area (Å²) in [6.07, 6.45) is 0. The fourth-order valence-corrected chi connectivity index (χ4v) is 3.20. The van der Waals surface area contributed by atoms with E-state index in [2.05, 4.69) is 10.6 Å². The number of nitrogens with one attached hydrogen (secondary N) is 2. The van der Waals surface area contributed by atoms with Crippen molar-refractivity contribution in [2.75, 3.05) is 10.6 Å². The third-order valence-electron chi connectivity index (χ3n) is 4.73. The SMILES string of the molecule is Cc1c(NC(C)C(=O)Nc2ccc([N+](=O)[O-])cc2Cl)c(=O)n(-c2ccccc2)n1C. The lowest BCUT2D eigenvalue weighted by Gasteiger charge is -2.15. The minimum absolute atomic E-state index is 0.0482. The van der Waals surface area contributed by atoms with Gasteiger partial charge in [0.25, 0.3) is 11.2 Å². The van der Waals surface area contributed by atoms with Gasteiger partial charge in [0.1, 0.15) is 11.7 Å². The average Bonchev–Trinajstić information content (AvgIpc) is 2.93. The minimum Gasteiger partial charge on any atom is -0.368 e. The standard InChI is InChI=1S/C20H20ClN5O4/c1-12(19(27)23-17-10-9-15(26(29)30)11-16(17)21)22-18-13(2)24(3)25(20(18)28)14-7-5-4-6-8-14/h4-12,22H,1-3H3,(H,23,27). The summed E-state index contributed by atoms with van der Waals surface area (Å²) in [5.74, 6) is -0.445. The Kier molecular flexibility index (Phi) is 5.93. The van der Waals surface area contributed by atoms with E-state index in [9.17, 15) is 19.7 Å². The maximum absolute atomic E-state index is 12.9. The molecule has 3 aromatic rings. The van der Waals surface area contributed by atoms with Crippen molar-refractivity contribution in [1.29, 1.82) is 0 Å². The summed E-state index contributed by atoms with van der Waals surface area (Å²) in [7, 11) is 1.76. The third-order valence-corrected chi connectivity index (χ3v) is 5.04. The highest BCUT2D eigenvalue weighted by atomic mass is 35.5. The monoisotopic (exact) mass is 429 g/mol. The van der Waals surface area contributed by atoms with E-state index >= 15 is 0 Å². The lowest BCUT2D eigenvalue weighted by molar-refractivity contribution is -0.384. The van der Waals surface area contributed by atoms with Gasteiger partial charge in [-0.3, -0.25) is 24.4 Å². The maximum Gasteiger partial charge on any atom is 0.295 e. The fourth-order valence-electron chi connectivity index (χ4n) is 2.98. The summed E-state index contributed by atoms with van der Waals surface area (Å²) in [4.78, 5) is 35.8. The van der Waals surface area contributed by atoms with Crippen molar-refractivity contribution in [3.8, 4) is 5.69 Å². The van der Waals surface area contributed by atoms with E-state index in [0.29, 0.717) is 17.1 Å². The number of amides is 1. The number of carbonyl (C=O) groups is 1. The Labute approximate surface area is 177 Å². The first-order valence-corrected chi connectivity index (χ1v) is 9.44. The first kappa shape index (κ1) is 21.1. The molecule has 1 amide bonds. The number of benzene rings is 2. The van der Waals surface area contributed by atoms with Crippen LogP contribution in [-0.4, -0.2) is 26.2 Å². The van der Waals surface area contributed by atoms with Crippen LogP contribution in [0.4, 0.5) is 17.1 Å². The predicted octanol–water partition coefficient (Wildman–Crippen LogP) is 3.49. The normalized spacial score (nSPS) is 11.7. The second-order valence-corrected chi connectivity index (χ2v) is 7.12. The molecule has 0 bridgehead atoms. The Bertz CT molecular complexity index is 1170. The molecule has 2 N–H and O–H groups in total. The van der Waals surface area contributed by atoms with Crippen molar-refractivity contribution in [3.05, 3.63) is 79.7 Å². The van der Waals surface area contributed by atoms with Crippen molar-refractivity contribution >= 4 is 34.6 Å². The summed E-state index contributed by atoms with van der Waals surface area (Å²) < 4.78 is 3.22. The molecule has 2 aromatic carbocycles. The van der Waals surface area contributed by atoms with Gasteiger partial charge in [-0.1, -0.05) is 29.8 Å². The number of aromatic nitrogens is 2. The average molecular weight is 430 g/mol. The van der Waals surface area contributed by atoms with E-state index in [-0.39, 0.29) is 22.0 Å². The van der Waals surface area contributed by atoms with Gasteiger partial charge in [0, 0.05) is 19.2 Å². The molecule has 1 unspecified atom stereocenters. The quantitative estimate of drug-likeness (QED) is 0.460. The Morgan fingerprint density at radius 3 is 2.47 bits per heavy atom. The summed E-state index contributed by atoms with van der Waals surface area (Å²) >= 11 is 6.03. The summed E-state index contributed by atoms with van der Waals surface area (Å²) in [5, 5.41) is 16.4. The molecule has 1 heterocycles. The number of nitro benzene ring substituents is 1. The molecular weight excluding hydrogens is 410 g/mol. The molecule has 0 radical (unpaired) electrons. The van der Waals surface area contributed by atoms with E-state index < -0.39 is 16.9 Å². The van der Waals surface area contributed by atoms with Gasteiger partial charge in [-0.25, -0.2) is 4.68 Å². The molecule has 1 aromatic heterocycles. The number of para-hydroxylation sites is 1. The first-order valence-electron chi connectivity index (χ1n) is 9.06. The smallest absolute Gasteiger partial charge is 0.295 e. The Balaban J connectivity index is 1.81. The summed E-state index contributed by atoms with van der Waals surface area (Å²) in [5.41, 5.74) is 1.46. The minimum atomic E-state index is -0.769. The highest BCUT2D eigenvalue weighted by molar-refractivity contribution is 6.34. The van der Waals surface area contributed by atoms with Gasteiger partial charge in [-0.15, -0.1) is 0 Å². The zero-order valence-corrected chi connectivity index (χ0v) is 17.3. The van der Waals surface area contributed by atoms with Gasteiger partial charge in [0.05, 0.1) is 27.0 Å². The number of halogens is 1. The van der Waals surface area contributed by atoms with Gasteiger partial charge in [0.15, 0.2) is 0 Å². The van der Waals surface area contributed by atoms with Crippen LogP contribution in [0.5, 0.6) is 0 Å². The lowest BCUT2D eigenvalue weighted by atomic mass is 10.2. The molecule has 3 rings (SSSR count). The second-order valence-electron chi connectivity index (χ2n) is 6.71. The number of non-ortho nitro benzene ring substituents is 1. The van der Waals surface area contributed by atoms with Crippen molar-refractivity contribution in [3.63, 3.8) is 0 Å². The number of nitro groups is 1. The Hall–Kier alpha value is -3.59. The van der Waals surface area contributed by atoms with Gasteiger partial charge >= 0.3 is 0 Å². The maximum atomic E-state index is 12.9. The molecule has 1 atom stereocenters. The van der Waals surface area contributed by atoms with Crippen LogP contribution < -0.4 is 16.2 Å². The zero-order valence-electron chi connectivity index (χ0n) is 16.5. The van der Waals surface area contributed by atoms with Gasteiger partial charge in [0.2, 0.25) is 5.91 Å². The van der Waals surface area contributed by atoms with E-state index in [1.165, 1.54) is 16.8 Å². The van der Waals surface area contributed by atoms with Crippen molar-refractivity contribution in [2.45, 2.75) is 19.9 Å². The molecule has 10 heteroatoms. The molecule has 0 fully saturated rings. The predicted molar refractivity (Wildman–Crippen MR) is 116 cm³/mol. The third kappa shape index (κ3) is 4.06. The highest BCUT2D eigenvalue weighted by Crippen LogP contribution is 2.27. The van der Waals surface area contributed by atoms with Crippen molar-refractivity contribution in [2.24, 2.45) is 7.05 Å². The fraction of sp³-hybridized carbons (Fsp3) is 0.200. The molecule has 0 spiro atoms. The molecule has 0 aliphatic carbocycles. The topological polar surface area (TPSA) is 111 Å². The van der Waals surface area contributed by atoms with Crippen molar-refractivity contribution in [1.82, 2.24) is 9.36 Å². The van der Waals surface area contributed by atoms with E-state index in [1.54, 1.807) is 25.6 Å². The van der Waals surface area contributed by atoms with Crippen LogP contribution in [0, 0.1) is 17.0 Å². The Morgan fingerprint density at radius 2 is 1.87 bits per heavy atom.